The smallest absolute Gasteiger partial charge is 0.217 e. The van der Waals surface area contributed by atoms with Crippen LogP contribution in [0.2, 0.25) is 0 Å². The molecule has 0 unspecified atom stereocenters. The molecule has 11 heavy (non-hydrogen) atoms. The van der Waals surface area contributed by atoms with Crippen LogP contribution in [0.4, 0.5) is 0 Å². The molecule has 0 N–H and O–H groups in total. The zero-order valence-corrected chi connectivity index (χ0v) is 6.79. The zero-order valence-electron chi connectivity index (χ0n) is 6.79. The molecule has 1 atom stereocenters. The van der Waals surface area contributed by atoms with Gasteiger partial charge in [-0.3, -0.25) is 0 Å². The molecule has 58 valence electrons. The molecule has 0 radical (unpaired) electrons. The second-order valence-electron chi connectivity index (χ2n) is 3.06. The highest BCUT2D eigenvalue weighted by atomic mass is 16.5. The number of nitrogens with zero attached hydrogens (tertiary/aromatic N) is 1. The Labute approximate surface area is 66.2 Å². The summed E-state index contributed by atoms with van der Waals surface area (Å²) in [4.78, 5) is 4.28. The number of aromatic nitrogens is 1. The molecule has 0 fully saturated rings. The number of hydrogen-bond donors (Lipinski definition) is 0. The molecule has 1 aromatic heterocycles. The van der Waals surface area contributed by atoms with E-state index in [9.17, 15) is 0 Å². The zero-order chi connectivity index (χ0) is 7.84. The molecular weight excluding hydrogens is 138 g/mol. The molecule has 1 aliphatic rings. The Morgan fingerprint density at radius 1 is 1.55 bits per heavy atom. The molecule has 0 bridgehead atoms. The van der Waals surface area contributed by atoms with Crippen molar-refractivity contribution in [3.05, 3.63) is 23.4 Å². The van der Waals surface area contributed by atoms with Gasteiger partial charge >= 0.3 is 0 Å². The van der Waals surface area contributed by atoms with Gasteiger partial charge in [0, 0.05) is 17.2 Å². The number of rotatable bonds is 0. The third-order valence-electron chi connectivity index (χ3n) is 2.03. The normalized spacial score (nSPS) is 21.1. The molecule has 2 heterocycles. The van der Waals surface area contributed by atoms with Gasteiger partial charge in [0.05, 0.1) is 6.61 Å². The first-order valence-electron chi connectivity index (χ1n) is 3.87. The SMILES string of the molecule is Cc1ccc2c(n1)OC[C@@H]2C. The van der Waals surface area contributed by atoms with E-state index < -0.39 is 0 Å². The summed E-state index contributed by atoms with van der Waals surface area (Å²) >= 11 is 0. The van der Waals surface area contributed by atoms with E-state index in [-0.39, 0.29) is 0 Å². The van der Waals surface area contributed by atoms with Gasteiger partial charge in [-0.1, -0.05) is 13.0 Å². The van der Waals surface area contributed by atoms with Crippen molar-refractivity contribution < 1.29 is 4.74 Å². The fraction of sp³-hybridized carbons (Fsp3) is 0.444. The highest BCUT2D eigenvalue weighted by molar-refractivity contribution is 5.34. The summed E-state index contributed by atoms with van der Waals surface area (Å²) < 4.78 is 5.38. The molecule has 2 heteroatoms. The average Bonchev–Trinajstić information content (AvgIpc) is 2.32. The van der Waals surface area contributed by atoms with Gasteiger partial charge < -0.3 is 4.74 Å². The minimum absolute atomic E-state index is 0.512. The fourth-order valence-electron chi connectivity index (χ4n) is 1.33. The lowest BCUT2D eigenvalue weighted by Crippen LogP contribution is -1.93. The summed E-state index contributed by atoms with van der Waals surface area (Å²) in [5.74, 6) is 1.34. The molecule has 1 aromatic rings. The summed E-state index contributed by atoms with van der Waals surface area (Å²) in [7, 11) is 0. The standard InChI is InChI=1S/C9H11NO/c1-6-5-11-9-8(6)4-3-7(2)10-9/h3-4,6H,5H2,1-2H3/t6-/m0/s1. The Morgan fingerprint density at radius 2 is 2.36 bits per heavy atom. The summed E-state index contributed by atoms with van der Waals surface area (Å²) in [6.45, 7) is 4.92. The van der Waals surface area contributed by atoms with Gasteiger partial charge in [-0.25, -0.2) is 4.98 Å². The van der Waals surface area contributed by atoms with Crippen LogP contribution >= 0.6 is 0 Å². The van der Waals surface area contributed by atoms with Crippen LogP contribution in [0.3, 0.4) is 0 Å². The van der Waals surface area contributed by atoms with Crippen LogP contribution in [-0.4, -0.2) is 11.6 Å². The Kier molecular flexibility index (Phi) is 1.34. The van der Waals surface area contributed by atoms with Crippen LogP contribution in [0.1, 0.15) is 24.1 Å². The van der Waals surface area contributed by atoms with Gasteiger partial charge in [0.2, 0.25) is 5.88 Å². The van der Waals surface area contributed by atoms with E-state index in [4.69, 9.17) is 4.74 Å². The van der Waals surface area contributed by atoms with Crippen LogP contribution in [0, 0.1) is 6.92 Å². The Bertz CT molecular complexity index is 283. The number of hydrogen-bond acceptors (Lipinski definition) is 2. The maximum Gasteiger partial charge on any atom is 0.217 e. The van der Waals surface area contributed by atoms with Gasteiger partial charge in [-0.15, -0.1) is 0 Å². The minimum Gasteiger partial charge on any atom is -0.477 e. The van der Waals surface area contributed by atoms with Crippen LogP contribution in [0.5, 0.6) is 5.88 Å². The molecule has 2 nitrogen and oxygen atoms in total. The van der Waals surface area contributed by atoms with Crippen molar-refractivity contribution in [1.29, 1.82) is 0 Å². The monoisotopic (exact) mass is 149 g/mol. The summed E-state index contributed by atoms with van der Waals surface area (Å²) in [5, 5.41) is 0. The third-order valence-corrected chi connectivity index (χ3v) is 2.03. The fourth-order valence-corrected chi connectivity index (χ4v) is 1.33. The van der Waals surface area contributed by atoms with Crippen molar-refractivity contribution in [2.75, 3.05) is 6.61 Å². The first-order chi connectivity index (χ1) is 5.27. The molecule has 1 aliphatic heterocycles. The van der Waals surface area contributed by atoms with Gasteiger partial charge in [-0.2, -0.15) is 0 Å². The predicted molar refractivity (Wildman–Crippen MR) is 42.9 cm³/mol. The molecule has 0 aliphatic carbocycles. The van der Waals surface area contributed by atoms with E-state index in [0.29, 0.717) is 5.92 Å². The first kappa shape index (κ1) is 6.65. The van der Waals surface area contributed by atoms with E-state index in [2.05, 4.69) is 18.0 Å². The lowest BCUT2D eigenvalue weighted by Gasteiger charge is -1.98. The second-order valence-corrected chi connectivity index (χ2v) is 3.06. The lowest BCUT2D eigenvalue weighted by molar-refractivity contribution is 0.326. The lowest BCUT2D eigenvalue weighted by atomic mass is 10.1. The van der Waals surface area contributed by atoms with E-state index in [1.54, 1.807) is 0 Å². The maximum atomic E-state index is 5.38. The van der Waals surface area contributed by atoms with Gasteiger partial charge in [0.15, 0.2) is 0 Å². The Balaban J connectivity index is 2.50. The average molecular weight is 149 g/mol. The highest BCUT2D eigenvalue weighted by Crippen LogP contribution is 2.31. The molecule has 0 saturated heterocycles. The molecule has 2 rings (SSSR count). The van der Waals surface area contributed by atoms with E-state index in [1.165, 1.54) is 5.56 Å². The maximum absolute atomic E-state index is 5.38. The van der Waals surface area contributed by atoms with Gasteiger partial charge in [0.1, 0.15) is 0 Å². The minimum atomic E-state index is 0.512. The van der Waals surface area contributed by atoms with Crippen LogP contribution in [-0.2, 0) is 0 Å². The number of pyridine rings is 1. The number of ether oxygens (including phenoxy) is 1. The van der Waals surface area contributed by atoms with Crippen LogP contribution in [0.25, 0.3) is 0 Å². The third kappa shape index (κ3) is 0.985. The van der Waals surface area contributed by atoms with E-state index in [0.717, 1.165) is 18.2 Å². The van der Waals surface area contributed by atoms with Crippen molar-refractivity contribution in [2.45, 2.75) is 19.8 Å². The second kappa shape index (κ2) is 2.22. The molecule has 0 spiro atoms. The Morgan fingerprint density at radius 3 is 3.18 bits per heavy atom. The summed E-state index contributed by atoms with van der Waals surface area (Å²) in [5.41, 5.74) is 2.27. The van der Waals surface area contributed by atoms with E-state index in [1.807, 2.05) is 13.0 Å². The molecule has 0 amide bonds. The quantitative estimate of drug-likeness (QED) is 0.562. The molecule has 0 aromatic carbocycles. The topological polar surface area (TPSA) is 22.1 Å². The van der Waals surface area contributed by atoms with Crippen molar-refractivity contribution in [3.8, 4) is 5.88 Å². The van der Waals surface area contributed by atoms with Crippen molar-refractivity contribution >= 4 is 0 Å². The highest BCUT2D eigenvalue weighted by Gasteiger charge is 2.20. The largest absolute Gasteiger partial charge is 0.477 e. The van der Waals surface area contributed by atoms with Crippen LogP contribution < -0.4 is 4.74 Å². The molecular formula is C9H11NO. The summed E-state index contributed by atoms with van der Waals surface area (Å²) in [6.07, 6.45) is 0. The van der Waals surface area contributed by atoms with Gasteiger partial charge in [0.25, 0.3) is 0 Å². The van der Waals surface area contributed by atoms with Crippen molar-refractivity contribution in [3.63, 3.8) is 0 Å². The van der Waals surface area contributed by atoms with Gasteiger partial charge in [-0.05, 0) is 13.0 Å². The predicted octanol–water partition coefficient (Wildman–Crippen LogP) is 1.89. The first-order valence-corrected chi connectivity index (χ1v) is 3.87. The number of fused-ring (bicyclic) bond motifs is 1. The van der Waals surface area contributed by atoms with E-state index >= 15 is 0 Å². The Hall–Kier alpha value is -1.05. The number of aryl methyl sites for hydroxylation is 1. The molecule has 0 saturated carbocycles. The van der Waals surface area contributed by atoms with Crippen molar-refractivity contribution in [1.82, 2.24) is 4.98 Å². The summed E-state index contributed by atoms with van der Waals surface area (Å²) in [6, 6.07) is 4.14. The van der Waals surface area contributed by atoms with Crippen LogP contribution in [0.15, 0.2) is 12.1 Å². The van der Waals surface area contributed by atoms with Crippen molar-refractivity contribution in [2.24, 2.45) is 0 Å².